The second-order valence-electron chi connectivity index (χ2n) is 2.97. The number of halogens is 1. The molecule has 0 bridgehead atoms. The van der Waals surface area contributed by atoms with Gasteiger partial charge in [0.2, 0.25) is 5.91 Å². The predicted octanol–water partition coefficient (Wildman–Crippen LogP) is 0.985. The van der Waals surface area contributed by atoms with Gasteiger partial charge in [0, 0.05) is 17.8 Å². The van der Waals surface area contributed by atoms with E-state index in [2.05, 4.69) is 31.0 Å². The normalized spacial score (nSPS) is 9.88. The van der Waals surface area contributed by atoms with Gasteiger partial charge in [0.15, 0.2) is 0 Å². The number of ether oxygens (including phenoxy) is 2. The number of hydrogen-bond acceptors (Lipinski definition) is 4. The summed E-state index contributed by atoms with van der Waals surface area (Å²) in [6, 6.07) is 1.81. The Morgan fingerprint density at radius 2 is 2.38 bits per heavy atom. The molecule has 0 aliphatic heterocycles. The topological polar surface area (TPSA) is 60.5 Å². The summed E-state index contributed by atoms with van der Waals surface area (Å²) < 4.78 is 10.9. The van der Waals surface area contributed by atoms with Crippen LogP contribution in [0.25, 0.3) is 0 Å². The van der Waals surface area contributed by atoms with Gasteiger partial charge in [-0.3, -0.25) is 9.78 Å². The molecule has 0 atom stereocenters. The van der Waals surface area contributed by atoms with Gasteiger partial charge < -0.3 is 14.8 Å². The zero-order chi connectivity index (χ0) is 11.8. The molecule has 0 aliphatic carbocycles. The summed E-state index contributed by atoms with van der Waals surface area (Å²) in [4.78, 5) is 14.9. The van der Waals surface area contributed by atoms with Crippen molar-refractivity contribution in [3.63, 3.8) is 0 Å². The van der Waals surface area contributed by atoms with Crippen molar-refractivity contribution < 1.29 is 14.3 Å². The number of aromatic nitrogens is 1. The standard InChI is InChI=1S/C10H13BrN2O3/c1-15-7-10(14)13-2-3-16-9-4-8(11)5-12-6-9/h4-6H,2-3,7H2,1H3,(H,13,14). The lowest BCUT2D eigenvalue weighted by Gasteiger charge is -2.07. The Hall–Kier alpha value is -1.14. The highest BCUT2D eigenvalue weighted by molar-refractivity contribution is 9.10. The van der Waals surface area contributed by atoms with Gasteiger partial charge in [-0.15, -0.1) is 0 Å². The van der Waals surface area contributed by atoms with Crippen LogP contribution in [0.1, 0.15) is 0 Å². The average Bonchev–Trinajstić information content (AvgIpc) is 2.25. The summed E-state index contributed by atoms with van der Waals surface area (Å²) in [6.45, 7) is 0.904. The average molecular weight is 289 g/mol. The summed E-state index contributed by atoms with van der Waals surface area (Å²) in [7, 11) is 1.48. The summed E-state index contributed by atoms with van der Waals surface area (Å²) in [6.07, 6.45) is 3.29. The fourth-order valence-corrected chi connectivity index (χ4v) is 1.36. The molecule has 1 N–H and O–H groups in total. The van der Waals surface area contributed by atoms with E-state index in [1.165, 1.54) is 7.11 Å². The Morgan fingerprint density at radius 3 is 3.06 bits per heavy atom. The van der Waals surface area contributed by atoms with Crippen molar-refractivity contribution in [1.82, 2.24) is 10.3 Å². The van der Waals surface area contributed by atoms with E-state index in [4.69, 9.17) is 4.74 Å². The van der Waals surface area contributed by atoms with Crippen molar-refractivity contribution >= 4 is 21.8 Å². The molecule has 1 heterocycles. The number of amides is 1. The first-order chi connectivity index (χ1) is 7.72. The van der Waals surface area contributed by atoms with Crippen molar-refractivity contribution in [1.29, 1.82) is 0 Å². The molecular weight excluding hydrogens is 276 g/mol. The molecule has 0 saturated carbocycles. The van der Waals surface area contributed by atoms with E-state index in [-0.39, 0.29) is 12.5 Å². The van der Waals surface area contributed by atoms with Gasteiger partial charge in [0.1, 0.15) is 19.0 Å². The van der Waals surface area contributed by atoms with E-state index in [1.54, 1.807) is 12.4 Å². The lowest BCUT2D eigenvalue weighted by molar-refractivity contribution is -0.124. The van der Waals surface area contributed by atoms with Crippen LogP contribution in [0, 0.1) is 0 Å². The van der Waals surface area contributed by atoms with Crippen LogP contribution in [0.15, 0.2) is 22.9 Å². The Kier molecular flexibility index (Phi) is 5.81. The molecule has 0 spiro atoms. The Bertz CT molecular complexity index is 347. The van der Waals surface area contributed by atoms with Crippen LogP contribution in [-0.2, 0) is 9.53 Å². The van der Waals surface area contributed by atoms with Gasteiger partial charge >= 0.3 is 0 Å². The number of methoxy groups -OCH3 is 1. The third-order valence-corrected chi connectivity index (χ3v) is 2.08. The molecule has 1 amide bonds. The van der Waals surface area contributed by atoms with E-state index in [9.17, 15) is 4.79 Å². The number of hydrogen-bond donors (Lipinski definition) is 1. The Morgan fingerprint density at radius 1 is 1.56 bits per heavy atom. The first-order valence-corrected chi connectivity index (χ1v) is 5.50. The fourth-order valence-electron chi connectivity index (χ4n) is 1.01. The molecule has 5 nitrogen and oxygen atoms in total. The number of carbonyl (C=O) groups is 1. The van der Waals surface area contributed by atoms with Crippen LogP contribution < -0.4 is 10.1 Å². The van der Waals surface area contributed by atoms with Crippen LogP contribution in [0.4, 0.5) is 0 Å². The largest absolute Gasteiger partial charge is 0.490 e. The zero-order valence-electron chi connectivity index (χ0n) is 8.90. The van der Waals surface area contributed by atoms with Crippen LogP contribution in [-0.4, -0.2) is 37.8 Å². The van der Waals surface area contributed by atoms with Gasteiger partial charge in [-0.1, -0.05) is 0 Å². The van der Waals surface area contributed by atoms with Crippen molar-refractivity contribution in [2.75, 3.05) is 26.9 Å². The molecule has 16 heavy (non-hydrogen) atoms. The highest BCUT2D eigenvalue weighted by Crippen LogP contribution is 2.15. The Labute approximate surface area is 102 Å². The molecule has 0 fully saturated rings. The summed E-state index contributed by atoms with van der Waals surface area (Å²) in [5.74, 6) is 0.508. The van der Waals surface area contributed by atoms with E-state index in [0.29, 0.717) is 18.9 Å². The summed E-state index contributed by atoms with van der Waals surface area (Å²) in [5, 5.41) is 2.65. The Balaban J connectivity index is 2.18. The third-order valence-electron chi connectivity index (χ3n) is 1.65. The third kappa shape index (κ3) is 5.09. The molecule has 0 saturated heterocycles. The maximum atomic E-state index is 11.0. The van der Waals surface area contributed by atoms with E-state index >= 15 is 0 Å². The molecule has 1 aromatic rings. The summed E-state index contributed by atoms with van der Waals surface area (Å²) >= 11 is 3.29. The zero-order valence-corrected chi connectivity index (χ0v) is 10.5. The van der Waals surface area contributed by atoms with Gasteiger partial charge in [-0.2, -0.15) is 0 Å². The maximum absolute atomic E-state index is 11.0. The highest BCUT2D eigenvalue weighted by atomic mass is 79.9. The smallest absolute Gasteiger partial charge is 0.246 e. The number of pyridine rings is 1. The van der Waals surface area contributed by atoms with Gasteiger partial charge in [-0.25, -0.2) is 0 Å². The highest BCUT2D eigenvalue weighted by Gasteiger charge is 1.99. The van der Waals surface area contributed by atoms with Crippen molar-refractivity contribution in [3.8, 4) is 5.75 Å². The molecule has 6 heteroatoms. The van der Waals surface area contributed by atoms with Crippen LogP contribution in [0.3, 0.4) is 0 Å². The molecule has 0 aromatic carbocycles. The number of nitrogens with one attached hydrogen (secondary N) is 1. The molecule has 1 rings (SSSR count). The second kappa shape index (κ2) is 7.19. The van der Waals surface area contributed by atoms with Gasteiger partial charge in [0.25, 0.3) is 0 Å². The lowest BCUT2D eigenvalue weighted by Crippen LogP contribution is -2.30. The molecule has 88 valence electrons. The predicted molar refractivity (Wildman–Crippen MR) is 62.3 cm³/mol. The monoisotopic (exact) mass is 288 g/mol. The molecular formula is C10H13BrN2O3. The van der Waals surface area contributed by atoms with Crippen LogP contribution in [0.5, 0.6) is 5.75 Å². The molecule has 0 unspecified atom stereocenters. The fraction of sp³-hybridized carbons (Fsp3) is 0.400. The van der Waals surface area contributed by atoms with Crippen molar-refractivity contribution in [2.24, 2.45) is 0 Å². The maximum Gasteiger partial charge on any atom is 0.246 e. The van der Waals surface area contributed by atoms with Gasteiger partial charge in [-0.05, 0) is 22.0 Å². The number of rotatable bonds is 6. The first kappa shape index (κ1) is 12.9. The first-order valence-electron chi connectivity index (χ1n) is 4.71. The molecule has 1 aromatic heterocycles. The second-order valence-corrected chi connectivity index (χ2v) is 3.89. The van der Waals surface area contributed by atoms with Crippen molar-refractivity contribution in [2.45, 2.75) is 0 Å². The van der Waals surface area contributed by atoms with Crippen LogP contribution in [0.2, 0.25) is 0 Å². The number of nitrogens with zero attached hydrogens (tertiary/aromatic N) is 1. The van der Waals surface area contributed by atoms with Crippen LogP contribution >= 0.6 is 15.9 Å². The van der Waals surface area contributed by atoms with Gasteiger partial charge in [0.05, 0.1) is 12.7 Å². The molecule has 0 aliphatic rings. The van der Waals surface area contributed by atoms with Crippen molar-refractivity contribution in [3.05, 3.63) is 22.9 Å². The minimum Gasteiger partial charge on any atom is -0.490 e. The molecule has 0 radical (unpaired) electrons. The minimum atomic E-state index is -0.154. The lowest BCUT2D eigenvalue weighted by atomic mass is 10.5. The minimum absolute atomic E-state index is 0.0679. The van der Waals surface area contributed by atoms with E-state index in [0.717, 1.165) is 4.47 Å². The quantitative estimate of drug-likeness (QED) is 0.793. The SMILES string of the molecule is COCC(=O)NCCOc1cncc(Br)c1. The summed E-state index contributed by atoms with van der Waals surface area (Å²) in [5.41, 5.74) is 0. The van der Waals surface area contributed by atoms with E-state index < -0.39 is 0 Å². The number of carbonyl (C=O) groups excluding carboxylic acids is 1. The van der Waals surface area contributed by atoms with E-state index in [1.807, 2.05) is 6.07 Å².